The molecule has 2 saturated carbocycles. The monoisotopic (exact) mass is 476 g/mol. The molecule has 35 heavy (non-hydrogen) atoms. The largest absolute Gasteiger partial charge is 0.378 e. The normalized spacial score (nSPS) is 24.2. The van der Waals surface area contributed by atoms with Crippen molar-refractivity contribution < 1.29 is 14.3 Å². The Morgan fingerprint density at radius 2 is 1.94 bits per heavy atom. The van der Waals surface area contributed by atoms with E-state index in [0.717, 1.165) is 55.7 Å². The second-order valence-corrected chi connectivity index (χ2v) is 9.70. The lowest BCUT2D eigenvalue weighted by molar-refractivity contribution is -0.0323. The summed E-state index contributed by atoms with van der Waals surface area (Å²) in [6.07, 6.45) is 5.52. The number of ether oxygens (including phenoxy) is 2. The molecule has 182 valence electrons. The predicted octanol–water partition coefficient (Wildman–Crippen LogP) is 2.60. The zero-order valence-corrected chi connectivity index (χ0v) is 19.4. The number of aromatic nitrogens is 4. The van der Waals surface area contributed by atoms with Crippen LogP contribution < -0.4 is 20.9 Å². The zero-order valence-electron chi connectivity index (χ0n) is 19.4. The number of hydrogen-bond donors (Lipinski definition) is 3. The summed E-state index contributed by atoms with van der Waals surface area (Å²) in [5, 5.41) is 9.94. The van der Waals surface area contributed by atoms with Crippen molar-refractivity contribution in [1.29, 1.82) is 0 Å². The van der Waals surface area contributed by atoms with E-state index in [2.05, 4.69) is 44.0 Å². The number of amides is 1. The van der Waals surface area contributed by atoms with E-state index in [4.69, 9.17) is 19.4 Å². The second-order valence-electron chi connectivity index (χ2n) is 9.70. The highest BCUT2D eigenvalue weighted by Crippen LogP contribution is 2.32. The summed E-state index contributed by atoms with van der Waals surface area (Å²) in [6.45, 7) is 3.59. The highest BCUT2D eigenvalue weighted by Gasteiger charge is 2.34. The fourth-order valence-corrected chi connectivity index (χ4v) is 4.85. The number of benzene rings is 1. The minimum absolute atomic E-state index is 0.0163. The molecule has 1 saturated heterocycles. The zero-order chi connectivity index (χ0) is 23.4. The van der Waals surface area contributed by atoms with E-state index in [9.17, 15) is 4.79 Å². The van der Waals surface area contributed by atoms with Crippen LogP contribution in [0, 0.1) is 0 Å². The Hall–Kier alpha value is -3.44. The minimum Gasteiger partial charge on any atom is -0.378 e. The molecule has 4 aliphatic rings. The van der Waals surface area contributed by atoms with Gasteiger partial charge < -0.3 is 30.3 Å². The summed E-state index contributed by atoms with van der Waals surface area (Å²) in [5.41, 5.74) is 4.12. The molecule has 3 aromatic rings. The first-order valence-corrected chi connectivity index (χ1v) is 12.4. The number of carbonyl (C=O) groups excluding carboxylic acids is 1. The number of anilines is 4. The molecular formula is C24H28N8O3. The molecule has 2 atom stereocenters. The van der Waals surface area contributed by atoms with Gasteiger partial charge in [0.05, 0.1) is 32.0 Å². The van der Waals surface area contributed by atoms with Crippen molar-refractivity contribution in [2.75, 3.05) is 41.8 Å². The molecule has 3 N–H and O–H groups in total. The Balaban J connectivity index is 1.33. The molecule has 2 aromatic heterocycles. The first kappa shape index (κ1) is 20.9. The van der Waals surface area contributed by atoms with E-state index in [1.165, 1.54) is 10.9 Å². The van der Waals surface area contributed by atoms with Crippen LogP contribution >= 0.6 is 0 Å². The Morgan fingerprint density at radius 3 is 2.74 bits per heavy atom. The standard InChI is InChI=1S/C24H28N8O3/c33-24-28-18-3-4-19(18)35-12-14-9-16(11-17(10-14)31-5-7-34-8-6-31)27-23-29-21(26-15-1-2-15)20-22(30-23)32(24)13-25-20/h9-11,13,15,18-19H,1-8,12H2,(H,28,33)(H2,26,27,29,30)/t18-,19-/m1/s1. The van der Waals surface area contributed by atoms with E-state index >= 15 is 0 Å². The maximum atomic E-state index is 13.1. The van der Waals surface area contributed by atoms with E-state index < -0.39 is 0 Å². The third-order valence-corrected chi connectivity index (χ3v) is 7.13. The van der Waals surface area contributed by atoms with Crippen LogP contribution in [0.1, 0.15) is 31.2 Å². The van der Waals surface area contributed by atoms with Gasteiger partial charge in [-0.25, -0.2) is 14.3 Å². The molecule has 1 aromatic carbocycles. The summed E-state index contributed by atoms with van der Waals surface area (Å²) >= 11 is 0. The van der Waals surface area contributed by atoms with Crippen molar-refractivity contribution >= 4 is 40.3 Å². The van der Waals surface area contributed by atoms with Gasteiger partial charge in [0.15, 0.2) is 17.0 Å². The number of hydrogen-bond acceptors (Lipinski definition) is 9. The van der Waals surface area contributed by atoms with Gasteiger partial charge in [-0.05, 0) is 49.4 Å². The lowest BCUT2D eigenvalue weighted by Gasteiger charge is -2.37. The third-order valence-electron chi connectivity index (χ3n) is 7.13. The first-order chi connectivity index (χ1) is 17.2. The van der Waals surface area contributed by atoms with Gasteiger partial charge in [-0.3, -0.25) is 0 Å². The molecule has 11 heteroatoms. The Morgan fingerprint density at radius 1 is 1.06 bits per heavy atom. The van der Waals surface area contributed by atoms with Gasteiger partial charge in [0, 0.05) is 30.5 Å². The Labute approximate surface area is 202 Å². The average Bonchev–Trinajstić information content (AvgIpc) is 3.57. The number of rotatable bonds is 3. The van der Waals surface area contributed by atoms with Crippen molar-refractivity contribution in [3.63, 3.8) is 0 Å². The van der Waals surface area contributed by atoms with E-state index in [-0.39, 0.29) is 18.2 Å². The number of fused-ring (bicyclic) bond motifs is 4. The number of nitrogens with one attached hydrogen (secondary N) is 3. The maximum Gasteiger partial charge on any atom is 0.328 e. The molecule has 2 aliphatic heterocycles. The van der Waals surface area contributed by atoms with Crippen LogP contribution in [0.5, 0.6) is 0 Å². The molecule has 11 nitrogen and oxygen atoms in total. The lowest BCUT2D eigenvalue weighted by Crippen LogP contribution is -2.52. The second kappa shape index (κ2) is 8.35. The van der Waals surface area contributed by atoms with Crippen LogP contribution in [0.15, 0.2) is 24.5 Å². The highest BCUT2D eigenvalue weighted by atomic mass is 16.5. The maximum absolute atomic E-state index is 13.1. The van der Waals surface area contributed by atoms with Crippen molar-refractivity contribution in [2.45, 2.75) is 50.5 Å². The lowest BCUT2D eigenvalue weighted by atomic mass is 9.89. The summed E-state index contributed by atoms with van der Waals surface area (Å²) in [5.74, 6) is 1.06. The molecule has 4 heterocycles. The van der Waals surface area contributed by atoms with Crippen molar-refractivity contribution in [3.05, 3.63) is 30.1 Å². The number of nitrogens with zero attached hydrogens (tertiary/aromatic N) is 5. The van der Waals surface area contributed by atoms with Gasteiger partial charge in [-0.1, -0.05) is 0 Å². The summed E-state index contributed by atoms with van der Waals surface area (Å²) in [6, 6.07) is 6.47. The minimum atomic E-state index is -0.252. The van der Waals surface area contributed by atoms with Gasteiger partial charge >= 0.3 is 6.03 Å². The van der Waals surface area contributed by atoms with Crippen LogP contribution in [0.25, 0.3) is 11.2 Å². The molecule has 3 fully saturated rings. The SMILES string of the molecule is O=C1N[C@@H]2CC[C@H]2OCc2cc(cc(N3CCOCC3)c2)Nc2nc(NC3CC3)c3ncn1c3n2. The summed E-state index contributed by atoms with van der Waals surface area (Å²) in [4.78, 5) is 29.4. The highest BCUT2D eigenvalue weighted by molar-refractivity contribution is 5.92. The molecule has 2 aliphatic carbocycles. The predicted molar refractivity (Wildman–Crippen MR) is 130 cm³/mol. The molecule has 7 rings (SSSR count). The van der Waals surface area contributed by atoms with Crippen molar-refractivity contribution in [1.82, 2.24) is 24.8 Å². The summed E-state index contributed by atoms with van der Waals surface area (Å²) in [7, 11) is 0. The van der Waals surface area contributed by atoms with Crippen LogP contribution in [0.3, 0.4) is 0 Å². The molecule has 0 unspecified atom stereocenters. The van der Waals surface area contributed by atoms with Gasteiger partial charge in [-0.15, -0.1) is 0 Å². The number of carbonyl (C=O) groups is 1. The summed E-state index contributed by atoms with van der Waals surface area (Å²) < 4.78 is 13.3. The third kappa shape index (κ3) is 4.04. The molecule has 4 bridgehead atoms. The van der Waals surface area contributed by atoms with Gasteiger partial charge in [0.1, 0.15) is 6.33 Å². The van der Waals surface area contributed by atoms with E-state index in [1.807, 2.05) is 0 Å². The van der Waals surface area contributed by atoms with Crippen molar-refractivity contribution in [3.8, 4) is 0 Å². The quantitative estimate of drug-likeness (QED) is 0.524. The molecule has 0 spiro atoms. The van der Waals surface area contributed by atoms with Gasteiger partial charge in [0.2, 0.25) is 5.95 Å². The van der Waals surface area contributed by atoms with Crippen LogP contribution in [-0.4, -0.2) is 70.0 Å². The van der Waals surface area contributed by atoms with Crippen LogP contribution in [0.2, 0.25) is 0 Å². The molecular weight excluding hydrogens is 448 g/mol. The number of morpholine rings is 1. The smallest absolute Gasteiger partial charge is 0.328 e. The first-order valence-electron chi connectivity index (χ1n) is 12.4. The molecule has 0 radical (unpaired) electrons. The Bertz CT molecular complexity index is 1280. The van der Waals surface area contributed by atoms with Gasteiger partial charge in [-0.2, -0.15) is 9.97 Å². The average molecular weight is 477 g/mol. The Kier molecular flexibility index (Phi) is 4.98. The fourth-order valence-electron chi connectivity index (χ4n) is 4.85. The topological polar surface area (TPSA) is 118 Å². The van der Waals surface area contributed by atoms with Crippen molar-refractivity contribution in [2.24, 2.45) is 0 Å². The van der Waals surface area contributed by atoms with E-state index in [1.54, 1.807) is 0 Å². The number of imidazole rings is 1. The van der Waals surface area contributed by atoms with Crippen LogP contribution in [0.4, 0.5) is 27.9 Å². The van der Waals surface area contributed by atoms with Gasteiger partial charge in [0.25, 0.3) is 0 Å². The van der Waals surface area contributed by atoms with Crippen LogP contribution in [-0.2, 0) is 16.1 Å². The fraction of sp³-hybridized carbons (Fsp3) is 0.500. The molecule has 1 amide bonds. The van der Waals surface area contributed by atoms with E-state index in [0.29, 0.717) is 48.8 Å².